The zero-order chi connectivity index (χ0) is 25.9. The van der Waals surface area contributed by atoms with E-state index >= 15 is 0 Å². The summed E-state index contributed by atoms with van der Waals surface area (Å²) in [4.78, 5) is 40.1. The molecule has 9 fully saturated rings. The molecule has 1 aliphatic heterocycles. The Kier molecular flexibility index (Phi) is 5.35. The largest absolute Gasteiger partial charge is 0.458 e. The molecular weight excluding hydrogens is 468 g/mol. The molecule has 204 valence electrons. The number of hydrogen-bond donors (Lipinski definition) is 0. The van der Waals surface area contributed by atoms with Crippen LogP contribution in [-0.4, -0.2) is 35.2 Å². The van der Waals surface area contributed by atoms with Gasteiger partial charge in [-0.15, -0.1) is 0 Å². The molecule has 0 aromatic heterocycles. The second kappa shape index (κ2) is 8.05. The van der Waals surface area contributed by atoms with E-state index in [4.69, 9.17) is 14.2 Å². The van der Waals surface area contributed by atoms with Gasteiger partial charge >= 0.3 is 17.9 Å². The predicted molar refractivity (Wildman–Crippen MR) is 135 cm³/mol. The van der Waals surface area contributed by atoms with Gasteiger partial charge < -0.3 is 14.2 Å². The quantitative estimate of drug-likeness (QED) is 0.347. The van der Waals surface area contributed by atoms with Crippen molar-refractivity contribution in [1.82, 2.24) is 0 Å². The van der Waals surface area contributed by atoms with E-state index in [0.717, 1.165) is 74.5 Å². The molecule has 8 saturated carbocycles. The van der Waals surface area contributed by atoms with Gasteiger partial charge in [-0.25, -0.2) is 0 Å². The van der Waals surface area contributed by atoms with Gasteiger partial charge in [-0.2, -0.15) is 0 Å². The van der Waals surface area contributed by atoms with Crippen molar-refractivity contribution in [2.75, 3.05) is 0 Å². The SMILES string of the molecule is CC(OC12CC3CC(CC(C3)C1)C2)C1C(=O)OC(=O)C1C(C)(C)C(=O)OC1(C)C2CC3CC(C2)CC1C3. The Morgan fingerprint density at radius 2 is 1.32 bits per heavy atom. The Morgan fingerprint density at radius 3 is 1.84 bits per heavy atom. The summed E-state index contributed by atoms with van der Waals surface area (Å²) in [6, 6.07) is 0. The Hall–Kier alpha value is -1.43. The van der Waals surface area contributed by atoms with E-state index in [-0.39, 0.29) is 11.6 Å². The Morgan fingerprint density at radius 1 is 0.838 bits per heavy atom. The third-order valence-electron chi connectivity index (χ3n) is 12.4. The lowest BCUT2D eigenvalue weighted by molar-refractivity contribution is -0.217. The summed E-state index contributed by atoms with van der Waals surface area (Å²) < 4.78 is 18.4. The van der Waals surface area contributed by atoms with E-state index < -0.39 is 40.9 Å². The highest BCUT2D eigenvalue weighted by Gasteiger charge is 2.62. The van der Waals surface area contributed by atoms with Crippen LogP contribution in [0.25, 0.3) is 0 Å². The molecule has 6 nitrogen and oxygen atoms in total. The van der Waals surface area contributed by atoms with Crippen molar-refractivity contribution in [2.45, 2.75) is 116 Å². The van der Waals surface area contributed by atoms with Crippen molar-refractivity contribution in [3.05, 3.63) is 0 Å². The minimum atomic E-state index is -1.18. The van der Waals surface area contributed by atoms with Gasteiger partial charge in [0.25, 0.3) is 0 Å². The first-order chi connectivity index (χ1) is 17.5. The molecule has 0 amide bonds. The summed E-state index contributed by atoms with van der Waals surface area (Å²) in [6.45, 7) is 7.58. The third kappa shape index (κ3) is 3.70. The van der Waals surface area contributed by atoms with Crippen LogP contribution in [0.1, 0.15) is 98.3 Å². The second-order valence-corrected chi connectivity index (χ2v) is 15.3. The predicted octanol–water partition coefficient (Wildman–Crippen LogP) is 5.46. The zero-order valence-electron chi connectivity index (χ0n) is 23.0. The standard InChI is InChI=1S/C31H44O6/c1-16(36-31-13-19-6-20(14-31)8-21(7-19)15-31)24-25(27(33)35-26(24)32)29(2,3)28(34)37-30(4)22-9-17-5-18(11-22)12-23(30)10-17/h16-25H,5-15H2,1-4H3. The summed E-state index contributed by atoms with van der Waals surface area (Å²) in [5.41, 5.74) is -1.85. The first kappa shape index (κ1) is 24.6. The van der Waals surface area contributed by atoms with Crippen LogP contribution in [0.2, 0.25) is 0 Å². The molecule has 37 heavy (non-hydrogen) atoms. The Balaban J connectivity index is 1.10. The van der Waals surface area contributed by atoms with Crippen molar-refractivity contribution in [2.24, 2.45) is 58.7 Å². The van der Waals surface area contributed by atoms with Gasteiger partial charge in [0.1, 0.15) is 5.60 Å². The molecule has 9 aliphatic rings. The van der Waals surface area contributed by atoms with Crippen LogP contribution >= 0.6 is 0 Å². The number of carbonyl (C=O) groups is 3. The monoisotopic (exact) mass is 512 g/mol. The number of ether oxygens (including phenoxy) is 3. The lowest BCUT2D eigenvalue weighted by Gasteiger charge is -2.59. The molecule has 6 heteroatoms. The van der Waals surface area contributed by atoms with E-state index in [2.05, 4.69) is 6.92 Å². The van der Waals surface area contributed by atoms with E-state index in [9.17, 15) is 14.4 Å². The number of rotatable bonds is 6. The lowest BCUT2D eigenvalue weighted by atomic mass is 9.50. The van der Waals surface area contributed by atoms with E-state index in [0.29, 0.717) is 11.8 Å². The fourth-order valence-electron chi connectivity index (χ4n) is 11.1. The normalized spacial score (nSPS) is 50.4. The minimum absolute atomic E-state index is 0.191. The molecule has 1 saturated heterocycles. The molecule has 8 bridgehead atoms. The molecule has 3 atom stereocenters. The molecule has 0 radical (unpaired) electrons. The summed E-state index contributed by atoms with van der Waals surface area (Å²) >= 11 is 0. The van der Waals surface area contributed by atoms with Crippen molar-refractivity contribution in [3.63, 3.8) is 0 Å². The maximum absolute atomic E-state index is 13.9. The second-order valence-electron chi connectivity index (χ2n) is 15.3. The van der Waals surface area contributed by atoms with Crippen LogP contribution in [0.15, 0.2) is 0 Å². The van der Waals surface area contributed by atoms with Crippen LogP contribution in [0.5, 0.6) is 0 Å². The van der Waals surface area contributed by atoms with Crippen molar-refractivity contribution < 1.29 is 28.6 Å². The molecule has 0 aromatic carbocycles. The van der Waals surface area contributed by atoms with Crippen LogP contribution < -0.4 is 0 Å². The maximum atomic E-state index is 13.9. The molecule has 9 rings (SSSR count). The lowest BCUT2D eigenvalue weighted by Crippen LogP contribution is -2.59. The number of carbonyl (C=O) groups excluding carboxylic acids is 3. The summed E-state index contributed by atoms with van der Waals surface area (Å²) in [5.74, 6) is 1.32. The average Bonchev–Trinajstić information content (AvgIpc) is 3.10. The smallest absolute Gasteiger partial charge is 0.320 e. The van der Waals surface area contributed by atoms with Gasteiger partial charge in [0.05, 0.1) is 29.0 Å². The summed E-state index contributed by atoms with van der Waals surface area (Å²) in [6.07, 6.45) is 12.5. The molecule has 0 aromatic rings. The van der Waals surface area contributed by atoms with Crippen LogP contribution in [0.3, 0.4) is 0 Å². The molecule has 0 N–H and O–H groups in total. The number of esters is 3. The fourth-order valence-corrected chi connectivity index (χ4v) is 11.1. The Bertz CT molecular complexity index is 948. The summed E-state index contributed by atoms with van der Waals surface area (Å²) in [7, 11) is 0. The highest BCUT2D eigenvalue weighted by Crippen LogP contribution is 2.61. The van der Waals surface area contributed by atoms with E-state index in [1.165, 1.54) is 25.7 Å². The number of cyclic esters (lactones) is 2. The van der Waals surface area contributed by atoms with Gasteiger partial charge in [-0.05, 0) is 140 Å². The van der Waals surface area contributed by atoms with Gasteiger partial charge in [0, 0.05) is 0 Å². The Labute approximate surface area is 220 Å². The summed E-state index contributed by atoms with van der Waals surface area (Å²) in [5, 5.41) is 0. The van der Waals surface area contributed by atoms with E-state index in [1.807, 2.05) is 6.92 Å². The molecule has 8 aliphatic carbocycles. The third-order valence-corrected chi connectivity index (χ3v) is 12.4. The minimum Gasteiger partial charge on any atom is -0.458 e. The van der Waals surface area contributed by atoms with Crippen molar-refractivity contribution >= 4 is 17.9 Å². The van der Waals surface area contributed by atoms with Gasteiger partial charge in [-0.3, -0.25) is 14.4 Å². The van der Waals surface area contributed by atoms with Gasteiger partial charge in [0.2, 0.25) is 0 Å². The maximum Gasteiger partial charge on any atom is 0.320 e. The average molecular weight is 513 g/mol. The fraction of sp³-hybridized carbons (Fsp3) is 0.903. The van der Waals surface area contributed by atoms with E-state index in [1.54, 1.807) is 13.8 Å². The highest BCUT2D eigenvalue weighted by molar-refractivity contribution is 6.00. The molecule has 1 heterocycles. The molecular formula is C31H44O6. The number of hydrogen-bond acceptors (Lipinski definition) is 6. The van der Waals surface area contributed by atoms with Crippen molar-refractivity contribution in [1.29, 1.82) is 0 Å². The van der Waals surface area contributed by atoms with Crippen LogP contribution in [0, 0.1) is 58.7 Å². The first-order valence-electron chi connectivity index (χ1n) is 15.1. The van der Waals surface area contributed by atoms with Gasteiger partial charge in [0.15, 0.2) is 0 Å². The first-order valence-corrected chi connectivity index (χ1v) is 15.1. The molecule has 0 spiro atoms. The van der Waals surface area contributed by atoms with Crippen molar-refractivity contribution in [3.8, 4) is 0 Å². The zero-order valence-corrected chi connectivity index (χ0v) is 23.0. The highest BCUT2D eigenvalue weighted by atomic mass is 16.6. The topological polar surface area (TPSA) is 78.9 Å². The van der Waals surface area contributed by atoms with Crippen LogP contribution in [-0.2, 0) is 28.6 Å². The molecule has 3 unspecified atom stereocenters. The van der Waals surface area contributed by atoms with Gasteiger partial charge in [-0.1, -0.05) is 0 Å². The van der Waals surface area contributed by atoms with Crippen LogP contribution in [0.4, 0.5) is 0 Å².